The van der Waals surface area contributed by atoms with Crippen LogP contribution in [-0.2, 0) is 10.8 Å². The summed E-state index contributed by atoms with van der Waals surface area (Å²) in [5.74, 6) is 1.13. The van der Waals surface area contributed by atoms with Crippen LogP contribution < -0.4 is 5.73 Å². The van der Waals surface area contributed by atoms with Crippen molar-refractivity contribution >= 4 is 28.1 Å². The highest BCUT2D eigenvalue weighted by molar-refractivity contribution is 7.85. The average molecular weight is 260 g/mol. The topological polar surface area (TPSA) is 43.1 Å². The van der Waals surface area contributed by atoms with Gasteiger partial charge in [-0.15, -0.1) is 0 Å². The molecule has 2 atom stereocenters. The number of halogens is 1. The Morgan fingerprint density at radius 3 is 2.75 bits per heavy atom. The molecule has 4 heteroatoms. The zero-order valence-corrected chi connectivity index (χ0v) is 11.3. The summed E-state index contributed by atoms with van der Waals surface area (Å²) in [6, 6.07) is 5.14. The Kier molecular flexibility index (Phi) is 5.29. The van der Waals surface area contributed by atoms with Crippen LogP contribution in [0.5, 0.6) is 0 Å². The van der Waals surface area contributed by atoms with Gasteiger partial charge < -0.3 is 5.73 Å². The van der Waals surface area contributed by atoms with Crippen LogP contribution in [0, 0.1) is 5.92 Å². The molecule has 1 aromatic rings. The van der Waals surface area contributed by atoms with E-state index in [1.165, 1.54) is 0 Å². The Morgan fingerprint density at radius 1 is 1.50 bits per heavy atom. The van der Waals surface area contributed by atoms with Crippen LogP contribution in [-0.4, -0.2) is 9.96 Å². The molecule has 90 valence electrons. The van der Waals surface area contributed by atoms with E-state index >= 15 is 0 Å². The number of rotatable bonds is 5. The van der Waals surface area contributed by atoms with Gasteiger partial charge in [0.05, 0.1) is 15.7 Å². The summed E-state index contributed by atoms with van der Waals surface area (Å²) in [7, 11) is -1.02. The average Bonchev–Trinajstić information content (AvgIpc) is 2.17. The zero-order chi connectivity index (χ0) is 12.1. The summed E-state index contributed by atoms with van der Waals surface area (Å²) in [5, 5.41) is 0.583. The molecule has 2 N–H and O–H groups in total. The molecule has 0 aliphatic rings. The van der Waals surface area contributed by atoms with E-state index in [0.717, 1.165) is 12.8 Å². The summed E-state index contributed by atoms with van der Waals surface area (Å²) in [5.41, 5.74) is 6.32. The van der Waals surface area contributed by atoms with Gasteiger partial charge in [-0.25, -0.2) is 0 Å². The third-order valence-corrected chi connectivity index (χ3v) is 4.40. The normalized spacial score (nSPS) is 14.7. The third-order valence-electron chi connectivity index (χ3n) is 2.43. The predicted molar refractivity (Wildman–Crippen MR) is 71.2 cm³/mol. The summed E-state index contributed by atoms with van der Waals surface area (Å²) in [4.78, 5) is 0.701. The first-order valence-corrected chi connectivity index (χ1v) is 7.17. The van der Waals surface area contributed by atoms with Gasteiger partial charge in [0, 0.05) is 16.5 Å². The van der Waals surface area contributed by atoms with Gasteiger partial charge in [0.25, 0.3) is 0 Å². The molecular weight excluding hydrogens is 242 g/mol. The summed E-state index contributed by atoms with van der Waals surface area (Å²) >= 11 is 5.80. The quantitative estimate of drug-likeness (QED) is 0.823. The van der Waals surface area contributed by atoms with Gasteiger partial charge in [-0.1, -0.05) is 38.3 Å². The van der Waals surface area contributed by atoms with Crippen LogP contribution in [0.2, 0.25) is 5.02 Å². The number of hydrogen-bond donors (Lipinski definition) is 1. The Morgan fingerprint density at radius 2 is 2.19 bits per heavy atom. The number of nitrogens with two attached hydrogens (primary N) is 1. The second-order valence-corrected chi connectivity index (χ2v) is 5.99. The number of hydrogen-bond acceptors (Lipinski definition) is 2. The fourth-order valence-corrected chi connectivity index (χ4v) is 3.24. The Labute approximate surface area is 105 Å². The predicted octanol–water partition coefficient (Wildman–Crippen LogP) is 3.47. The second-order valence-electron chi connectivity index (χ2n) is 4.09. The first kappa shape index (κ1) is 13.5. The largest absolute Gasteiger partial charge is 0.398 e. The molecule has 0 aliphatic carbocycles. The van der Waals surface area contributed by atoms with E-state index in [-0.39, 0.29) is 0 Å². The van der Waals surface area contributed by atoms with Crippen LogP contribution in [0.15, 0.2) is 23.1 Å². The smallest absolute Gasteiger partial charge is 0.0618 e. The fraction of sp³-hybridized carbons (Fsp3) is 0.500. The van der Waals surface area contributed by atoms with Crippen molar-refractivity contribution in [1.82, 2.24) is 0 Å². The van der Waals surface area contributed by atoms with E-state index < -0.39 is 10.8 Å². The van der Waals surface area contributed by atoms with Crippen LogP contribution in [0.25, 0.3) is 0 Å². The lowest BCUT2D eigenvalue weighted by molar-refractivity contribution is 0.574. The molecule has 0 heterocycles. The molecule has 0 spiro atoms. The molecular formula is C12H18ClNOS. The molecule has 2 unspecified atom stereocenters. The maximum Gasteiger partial charge on any atom is 0.0618 e. The molecule has 0 amide bonds. The Hall–Kier alpha value is -0.540. The van der Waals surface area contributed by atoms with Crippen molar-refractivity contribution in [2.45, 2.75) is 31.6 Å². The lowest BCUT2D eigenvalue weighted by atomic mass is 10.1. The van der Waals surface area contributed by atoms with Gasteiger partial charge >= 0.3 is 0 Å². The number of nitrogen functional groups attached to an aromatic ring is 1. The summed E-state index contributed by atoms with van der Waals surface area (Å²) in [6.45, 7) is 4.25. The standard InChI is InChI=1S/C12H18ClNOS/c1-3-4-9(2)8-16(15)12-6-5-10(13)7-11(12)14/h5-7,9H,3-4,8,14H2,1-2H3. The van der Waals surface area contributed by atoms with Crippen LogP contribution in [0.1, 0.15) is 26.7 Å². The van der Waals surface area contributed by atoms with E-state index in [0.29, 0.717) is 27.3 Å². The maximum atomic E-state index is 12.1. The third kappa shape index (κ3) is 3.80. The van der Waals surface area contributed by atoms with Gasteiger partial charge in [0.2, 0.25) is 0 Å². The molecule has 0 radical (unpaired) electrons. The molecule has 0 saturated heterocycles. The van der Waals surface area contributed by atoms with E-state index in [1.54, 1.807) is 18.2 Å². The van der Waals surface area contributed by atoms with Crippen LogP contribution in [0.3, 0.4) is 0 Å². The van der Waals surface area contributed by atoms with E-state index in [1.807, 2.05) is 0 Å². The molecule has 16 heavy (non-hydrogen) atoms. The highest BCUT2D eigenvalue weighted by atomic mass is 35.5. The molecule has 1 aromatic carbocycles. The van der Waals surface area contributed by atoms with Crippen LogP contribution >= 0.6 is 11.6 Å². The Balaban J connectivity index is 2.73. The zero-order valence-electron chi connectivity index (χ0n) is 9.70. The minimum Gasteiger partial charge on any atom is -0.398 e. The van der Waals surface area contributed by atoms with E-state index in [9.17, 15) is 4.21 Å². The highest BCUT2D eigenvalue weighted by Crippen LogP contribution is 2.22. The molecule has 1 rings (SSSR count). The molecule has 0 bridgehead atoms. The van der Waals surface area contributed by atoms with Crippen LogP contribution in [0.4, 0.5) is 5.69 Å². The van der Waals surface area contributed by atoms with Crippen molar-refractivity contribution in [3.05, 3.63) is 23.2 Å². The monoisotopic (exact) mass is 259 g/mol. The molecule has 2 nitrogen and oxygen atoms in total. The summed E-state index contributed by atoms with van der Waals surface area (Å²) < 4.78 is 12.1. The van der Waals surface area contributed by atoms with Crippen molar-refractivity contribution in [1.29, 1.82) is 0 Å². The minimum atomic E-state index is -1.02. The number of anilines is 1. The molecule has 0 aliphatic heterocycles. The minimum absolute atomic E-state index is 0.459. The first-order valence-electron chi connectivity index (χ1n) is 5.48. The molecule has 0 saturated carbocycles. The van der Waals surface area contributed by atoms with E-state index in [4.69, 9.17) is 17.3 Å². The number of benzene rings is 1. The van der Waals surface area contributed by atoms with Gasteiger partial charge in [-0.05, 0) is 24.1 Å². The highest BCUT2D eigenvalue weighted by Gasteiger charge is 2.12. The first-order chi connectivity index (χ1) is 7.54. The summed E-state index contributed by atoms with van der Waals surface area (Å²) in [6.07, 6.45) is 2.22. The fourth-order valence-electron chi connectivity index (χ4n) is 1.65. The van der Waals surface area contributed by atoms with Crippen molar-refractivity contribution in [2.75, 3.05) is 11.5 Å². The van der Waals surface area contributed by atoms with Gasteiger partial charge in [0.15, 0.2) is 0 Å². The van der Waals surface area contributed by atoms with E-state index in [2.05, 4.69) is 13.8 Å². The van der Waals surface area contributed by atoms with Crippen molar-refractivity contribution in [3.8, 4) is 0 Å². The Bertz CT molecular complexity index is 381. The van der Waals surface area contributed by atoms with Crippen molar-refractivity contribution in [2.24, 2.45) is 5.92 Å². The lowest BCUT2D eigenvalue weighted by Gasteiger charge is -2.11. The molecule has 0 aromatic heterocycles. The van der Waals surface area contributed by atoms with Crippen molar-refractivity contribution in [3.63, 3.8) is 0 Å². The van der Waals surface area contributed by atoms with Gasteiger partial charge in [-0.3, -0.25) is 4.21 Å². The molecule has 0 fully saturated rings. The van der Waals surface area contributed by atoms with Gasteiger partial charge in [0.1, 0.15) is 0 Å². The maximum absolute atomic E-state index is 12.1. The SMILES string of the molecule is CCCC(C)CS(=O)c1ccc(Cl)cc1N. The lowest BCUT2D eigenvalue weighted by Crippen LogP contribution is -2.09. The second kappa shape index (κ2) is 6.26. The van der Waals surface area contributed by atoms with Crippen molar-refractivity contribution < 1.29 is 4.21 Å². The van der Waals surface area contributed by atoms with Gasteiger partial charge in [-0.2, -0.15) is 0 Å².